The Morgan fingerprint density at radius 3 is 2.92 bits per heavy atom. The molecule has 2 bridgehead atoms. The van der Waals surface area contributed by atoms with Crippen molar-refractivity contribution in [3.8, 4) is 0 Å². The van der Waals surface area contributed by atoms with E-state index in [-0.39, 0.29) is 11.9 Å². The number of hydrogen-bond donors (Lipinski definition) is 1. The third kappa shape index (κ3) is 1.70. The Kier molecular flexibility index (Phi) is 2.54. The lowest BCUT2D eigenvalue weighted by Gasteiger charge is -2.28. The quantitative estimate of drug-likeness (QED) is 0.651. The summed E-state index contributed by atoms with van der Waals surface area (Å²) in [6, 6.07) is 1.08. The van der Waals surface area contributed by atoms with Gasteiger partial charge in [-0.2, -0.15) is 0 Å². The highest BCUT2D eigenvalue weighted by Gasteiger charge is 2.39. The number of carbonyl (C=O) groups excluding carboxylic acids is 1. The van der Waals surface area contributed by atoms with Crippen molar-refractivity contribution in [2.75, 3.05) is 6.61 Å². The van der Waals surface area contributed by atoms with Crippen LogP contribution < -0.4 is 5.32 Å². The standard InChI is InChI=1S/C10H17NO2/c1-2-13-10(12)8-5-3-7-4-6-9(8)11-7/h7-9,11H,2-6H2,1H3/t7?,8-,9?/m0/s1. The second-order valence-electron chi connectivity index (χ2n) is 3.98. The van der Waals surface area contributed by atoms with E-state index in [4.69, 9.17) is 4.74 Å². The molecule has 0 radical (unpaired) electrons. The SMILES string of the molecule is CCOC(=O)[C@H]1CCC2CCC1N2. The van der Waals surface area contributed by atoms with Crippen LogP contribution in [-0.4, -0.2) is 24.7 Å². The molecule has 2 rings (SSSR count). The van der Waals surface area contributed by atoms with E-state index in [0.29, 0.717) is 18.7 Å². The van der Waals surface area contributed by atoms with Gasteiger partial charge in [0.15, 0.2) is 0 Å². The van der Waals surface area contributed by atoms with E-state index in [1.54, 1.807) is 0 Å². The molecule has 3 atom stereocenters. The van der Waals surface area contributed by atoms with Gasteiger partial charge in [-0.25, -0.2) is 0 Å². The van der Waals surface area contributed by atoms with Gasteiger partial charge in [-0.15, -0.1) is 0 Å². The third-order valence-corrected chi connectivity index (χ3v) is 3.18. The first kappa shape index (κ1) is 9.00. The van der Waals surface area contributed by atoms with Crippen molar-refractivity contribution in [2.45, 2.75) is 44.7 Å². The predicted molar refractivity (Wildman–Crippen MR) is 49.3 cm³/mol. The van der Waals surface area contributed by atoms with Gasteiger partial charge in [0.2, 0.25) is 0 Å². The third-order valence-electron chi connectivity index (χ3n) is 3.18. The van der Waals surface area contributed by atoms with E-state index in [9.17, 15) is 4.79 Å². The van der Waals surface area contributed by atoms with Crippen molar-refractivity contribution in [1.82, 2.24) is 5.32 Å². The zero-order chi connectivity index (χ0) is 9.26. The fourth-order valence-corrected chi connectivity index (χ4v) is 2.51. The second kappa shape index (κ2) is 3.66. The van der Waals surface area contributed by atoms with E-state index < -0.39 is 0 Å². The molecule has 2 fully saturated rings. The van der Waals surface area contributed by atoms with Gasteiger partial charge in [-0.3, -0.25) is 4.79 Å². The summed E-state index contributed by atoms with van der Waals surface area (Å²) in [6.07, 6.45) is 4.54. The molecule has 2 heterocycles. The molecule has 3 nitrogen and oxygen atoms in total. The highest BCUT2D eigenvalue weighted by atomic mass is 16.5. The maximum absolute atomic E-state index is 11.5. The Morgan fingerprint density at radius 2 is 2.15 bits per heavy atom. The summed E-state index contributed by atoms with van der Waals surface area (Å²) >= 11 is 0. The highest BCUT2D eigenvalue weighted by molar-refractivity contribution is 5.73. The first-order chi connectivity index (χ1) is 6.31. The lowest BCUT2D eigenvalue weighted by Crippen LogP contribution is -2.44. The van der Waals surface area contributed by atoms with Crippen molar-refractivity contribution < 1.29 is 9.53 Å². The zero-order valence-corrected chi connectivity index (χ0v) is 8.08. The molecule has 0 saturated carbocycles. The molecule has 0 aromatic carbocycles. The first-order valence-corrected chi connectivity index (χ1v) is 5.24. The number of nitrogens with one attached hydrogen (secondary N) is 1. The summed E-state index contributed by atoms with van der Waals surface area (Å²) in [6.45, 7) is 2.37. The molecule has 0 aromatic rings. The monoisotopic (exact) mass is 183 g/mol. The van der Waals surface area contributed by atoms with Crippen LogP contribution in [0.5, 0.6) is 0 Å². The van der Waals surface area contributed by atoms with Crippen LogP contribution in [0.15, 0.2) is 0 Å². The highest BCUT2D eigenvalue weighted by Crippen LogP contribution is 2.31. The van der Waals surface area contributed by atoms with Crippen molar-refractivity contribution >= 4 is 5.97 Å². The van der Waals surface area contributed by atoms with Gasteiger partial charge in [0.25, 0.3) is 0 Å². The van der Waals surface area contributed by atoms with Crippen LogP contribution >= 0.6 is 0 Å². The Balaban J connectivity index is 1.95. The molecule has 74 valence electrons. The largest absolute Gasteiger partial charge is 0.466 e. The van der Waals surface area contributed by atoms with Gasteiger partial charge in [-0.05, 0) is 32.6 Å². The second-order valence-corrected chi connectivity index (χ2v) is 3.98. The van der Waals surface area contributed by atoms with E-state index >= 15 is 0 Å². The summed E-state index contributed by atoms with van der Waals surface area (Å²) in [4.78, 5) is 11.5. The molecule has 0 aromatic heterocycles. The average Bonchev–Trinajstić information content (AvgIpc) is 2.48. The van der Waals surface area contributed by atoms with Crippen LogP contribution in [0.1, 0.15) is 32.6 Å². The fraction of sp³-hybridized carbons (Fsp3) is 0.900. The molecule has 1 N–H and O–H groups in total. The maximum atomic E-state index is 11.5. The number of hydrogen-bond acceptors (Lipinski definition) is 3. The van der Waals surface area contributed by atoms with Crippen molar-refractivity contribution in [3.05, 3.63) is 0 Å². The lowest BCUT2D eigenvalue weighted by molar-refractivity contribution is -0.149. The first-order valence-electron chi connectivity index (χ1n) is 5.24. The van der Waals surface area contributed by atoms with E-state index in [1.807, 2.05) is 6.92 Å². The topological polar surface area (TPSA) is 38.3 Å². The van der Waals surface area contributed by atoms with Crippen LogP contribution in [0.25, 0.3) is 0 Å². The Morgan fingerprint density at radius 1 is 1.38 bits per heavy atom. The molecular weight excluding hydrogens is 166 g/mol. The van der Waals surface area contributed by atoms with E-state index in [1.165, 1.54) is 6.42 Å². The predicted octanol–water partition coefficient (Wildman–Crippen LogP) is 1.08. The molecule has 13 heavy (non-hydrogen) atoms. The maximum Gasteiger partial charge on any atom is 0.310 e. The molecule has 2 saturated heterocycles. The van der Waals surface area contributed by atoms with Crippen LogP contribution in [0.3, 0.4) is 0 Å². The molecule has 0 aliphatic carbocycles. The number of carbonyl (C=O) groups is 1. The fourth-order valence-electron chi connectivity index (χ4n) is 2.51. The van der Waals surface area contributed by atoms with Gasteiger partial charge in [0, 0.05) is 12.1 Å². The van der Waals surface area contributed by atoms with E-state index in [2.05, 4.69) is 5.32 Å². The van der Waals surface area contributed by atoms with Crippen LogP contribution in [0.2, 0.25) is 0 Å². The molecule has 0 amide bonds. The van der Waals surface area contributed by atoms with Gasteiger partial charge >= 0.3 is 5.97 Å². The molecule has 2 aliphatic rings. The lowest BCUT2D eigenvalue weighted by atomic mass is 9.92. The number of piperidine rings is 1. The molecule has 2 unspecified atom stereocenters. The zero-order valence-electron chi connectivity index (χ0n) is 8.08. The Bertz CT molecular complexity index is 205. The van der Waals surface area contributed by atoms with Crippen LogP contribution in [-0.2, 0) is 9.53 Å². The number of esters is 1. The summed E-state index contributed by atoms with van der Waals surface area (Å²) in [5.74, 6) is 0.124. The van der Waals surface area contributed by atoms with Gasteiger partial charge in [0.05, 0.1) is 12.5 Å². The van der Waals surface area contributed by atoms with Crippen LogP contribution in [0, 0.1) is 5.92 Å². The van der Waals surface area contributed by atoms with Gasteiger partial charge < -0.3 is 10.1 Å². The van der Waals surface area contributed by atoms with E-state index in [0.717, 1.165) is 19.3 Å². The minimum atomic E-state index is 0.000324. The summed E-state index contributed by atoms with van der Waals surface area (Å²) in [5, 5.41) is 3.48. The molecule has 2 aliphatic heterocycles. The Hall–Kier alpha value is -0.570. The average molecular weight is 183 g/mol. The van der Waals surface area contributed by atoms with Crippen LogP contribution in [0.4, 0.5) is 0 Å². The van der Waals surface area contributed by atoms with Crippen molar-refractivity contribution in [1.29, 1.82) is 0 Å². The van der Waals surface area contributed by atoms with Gasteiger partial charge in [0.1, 0.15) is 0 Å². The number of rotatable bonds is 2. The smallest absolute Gasteiger partial charge is 0.310 e. The minimum absolute atomic E-state index is 0.000324. The number of ether oxygens (including phenoxy) is 1. The van der Waals surface area contributed by atoms with Crippen molar-refractivity contribution in [3.63, 3.8) is 0 Å². The number of fused-ring (bicyclic) bond motifs is 2. The molecule has 3 heteroatoms. The van der Waals surface area contributed by atoms with Crippen molar-refractivity contribution in [2.24, 2.45) is 5.92 Å². The molecular formula is C10H17NO2. The van der Waals surface area contributed by atoms with Gasteiger partial charge in [-0.1, -0.05) is 0 Å². The molecule has 0 spiro atoms. The summed E-state index contributed by atoms with van der Waals surface area (Å²) in [5.41, 5.74) is 0. The summed E-state index contributed by atoms with van der Waals surface area (Å²) in [7, 11) is 0. The minimum Gasteiger partial charge on any atom is -0.466 e. The normalized spacial score (nSPS) is 37.5. The summed E-state index contributed by atoms with van der Waals surface area (Å²) < 4.78 is 5.05. The Labute approximate surface area is 78.8 Å².